The molecular weight excluding hydrogens is 340 g/mol. The van der Waals surface area contributed by atoms with Crippen molar-refractivity contribution in [3.05, 3.63) is 53.1 Å². The second-order valence-corrected chi connectivity index (χ2v) is 7.12. The van der Waals surface area contributed by atoms with E-state index in [4.69, 9.17) is 19.4 Å². The van der Waals surface area contributed by atoms with E-state index in [1.807, 2.05) is 18.5 Å². The number of imidazole rings is 1. The van der Waals surface area contributed by atoms with E-state index in [1.54, 1.807) is 7.11 Å². The fourth-order valence-electron chi connectivity index (χ4n) is 3.61. The Morgan fingerprint density at radius 1 is 1.19 bits per heavy atom. The minimum absolute atomic E-state index is 0.411. The Bertz CT molecular complexity index is 927. The molecule has 142 valence electrons. The molecule has 6 nitrogen and oxygen atoms in total. The van der Waals surface area contributed by atoms with Gasteiger partial charge in [-0.2, -0.15) is 0 Å². The highest BCUT2D eigenvalue weighted by Gasteiger charge is 2.18. The van der Waals surface area contributed by atoms with Crippen molar-refractivity contribution >= 4 is 11.0 Å². The van der Waals surface area contributed by atoms with Gasteiger partial charge in [0.05, 0.1) is 18.3 Å². The van der Waals surface area contributed by atoms with Gasteiger partial charge >= 0.3 is 0 Å². The Morgan fingerprint density at radius 2 is 1.93 bits per heavy atom. The van der Waals surface area contributed by atoms with Gasteiger partial charge in [0.2, 0.25) is 0 Å². The van der Waals surface area contributed by atoms with Crippen LogP contribution in [-0.2, 0) is 11.2 Å². The maximum Gasteiger partial charge on any atom is 0.118 e. The first kappa shape index (κ1) is 17.8. The normalized spacial score (nSPS) is 15.2. The number of hydrogen-bond acceptors (Lipinski definition) is 5. The van der Waals surface area contributed by atoms with Gasteiger partial charge in [-0.05, 0) is 49.9 Å². The molecule has 4 rings (SSSR count). The molecule has 1 N–H and O–H groups in total. The minimum atomic E-state index is 0.411. The molecule has 1 aliphatic heterocycles. The number of methoxy groups -OCH3 is 1. The molecule has 1 aromatic carbocycles. The van der Waals surface area contributed by atoms with E-state index < -0.39 is 0 Å². The van der Waals surface area contributed by atoms with Crippen LogP contribution in [-0.4, -0.2) is 41.0 Å². The van der Waals surface area contributed by atoms with E-state index in [1.165, 1.54) is 11.1 Å². The molecule has 0 unspecified atom stereocenters. The molecule has 0 bridgehead atoms. The van der Waals surface area contributed by atoms with Crippen LogP contribution in [0, 0.1) is 13.8 Å². The van der Waals surface area contributed by atoms with Gasteiger partial charge in [0, 0.05) is 31.4 Å². The van der Waals surface area contributed by atoms with Gasteiger partial charge in [-0.15, -0.1) is 0 Å². The topological polar surface area (TPSA) is 61.2 Å². The number of rotatable bonds is 5. The molecule has 6 heteroatoms. The molecule has 0 aliphatic carbocycles. The highest BCUT2D eigenvalue weighted by molar-refractivity contribution is 5.82. The lowest BCUT2D eigenvalue weighted by Crippen LogP contribution is -2.33. The molecule has 27 heavy (non-hydrogen) atoms. The van der Waals surface area contributed by atoms with Crippen molar-refractivity contribution in [3.8, 4) is 5.75 Å². The summed E-state index contributed by atoms with van der Waals surface area (Å²) in [5.41, 5.74) is 10.1. The van der Waals surface area contributed by atoms with Crippen molar-refractivity contribution in [2.75, 3.05) is 25.7 Å². The second kappa shape index (κ2) is 7.56. The molecule has 2 aromatic heterocycles. The monoisotopic (exact) mass is 366 g/mol. The van der Waals surface area contributed by atoms with Gasteiger partial charge in [0.15, 0.2) is 0 Å². The van der Waals surface area contributed by atoms with E-state index in [0.717, 1.165) is 60.6 Å². The van der Waals surface area contributed by atoms with Crippen molar-refractivity contribution in [3.63, 3.8) is 0 Å². The van der Waals surface area contributed by atoms with E-state index in [0.29, 0.717) is 6.04 Å². The number of aromatic nitrogens is 3. The molecule has 3 aromatic rings. The fourth-order valence-corrected chi connectivity index (χ4v) is 3.61. The summed E-state index contributed by atoms with van der Waals surface area (Å²) < 4.78 is 12.8. The van der Waals surface area contributed by atoms with Gasteiger partial charge in [-0.3, -0.25) is 4.98 Å². The van der Waals surface area contributed by atoms with Crippen LogP contribution in [0.3, 0.4) is 0 Å². The highest BCUT2D eigenvalue weighted by atomic mass is 16.5. The molecule has 1 aliphatic rings. The first-order chi connectivity index (χ1) is 13.2. The molecule has 0 radical (unpaired) electrons. The fraction of sp³-hybridized carbons (Fsp3) is 0.429. The van der Waals surface area contributed by atoms with Crippen molar-refractivity contribution in [2.24, 2.45) is 0 Å². The van der Waals surface area contributed by atoms with Gasteiger partial charge in [0.25, 0.3) is 0 Å². The first-order valence-electron chi connectivity index (χ1n) is 9.46. The van der Waals surface area contributed by atoms with Crippen molar-refractivity contribution in [1.29, 1.82) is 0 Å². The van der Waals surface area contributed by atoms with Crippen molar-refractivity contribution in [2.45, 2.75) is 39.2 Å². The minimum Gasteiger partial charge on any atom is -0.497 e. The number of ether oxygens (including phenoxy) is 2. The molecule has 0 amide bonds. The Kier molecular flexibility index (Phi) is 4.99. The summed E-state index contributed by atoms with van der Waals surface area (Å²) in [4.78, 5) is 9.54. The summed E-state index contributed by atoms with van der Waals surface area (Å²) in [5.74, 6) is 0.863. The van der Waals surface area contributed by atoms with Crippen LogP contribution >= 0.6 is 0 Å². The number of fused-ring (bicyclic) bond motifs is 1. The number of pyridine rings is 1. The number of nitrogens with one attached hydrogen (secondary N) is 1. The van der Waals surface area contributed by atoms with Crippen LogP contribution in [0.1, 0.15) is 35.4 Å². The Labute approximate surface area is 159 Å². The number of hydrogen-bond donors (Lipinski definition) is 1. The maximum absolute atomic E-state index is 5.47. The average molecular weight is 366 g/mol. The first-order valence-corrected chi connectivity index (χ1v) is 9.46. The maximum atomic E-state index is 5.47. The van der Waals surface area contributed by atoms with Gasteiger partial charge in [0.1, 0.15) is 17.6 Å². The molecule has 1 saturated heterocycles. The SMILES string of the molecule is COc1ccc(Cc2nc(C)c(C)c3c2ncn3NC2CCOCC2)cc1. The summed E-state index contributed by atoms with van der Waals surface area (Å²) >= 11 is 0. The summed E-state index contributed by atoms with van der Waals surface area (Å²) in [6.07, 6.45) is 4.66. The summed E-state index contributed by atoms with van der Waals surface area (Å²) in [6.45, 7) is 5.81. The van der Waals surface area contributed by atoms with Gasteiger partial charge in [-0.1, -0.05) is 12.1 Å². The third kappa shape index (κ3) is 3.62. The summed E-state index contributed by atoms with van der Waals surface area (Å²) in [7, 11) is 1.68. The zero-order chi connectivity index (χ0) is 18.8. The lowest BCUT2D eigenvalue weighted by molar-refractivity contribution is 0.0881. The van der Waals surface area contributed by atoms with Crippen molar-refractivity contribution < 1.29 is 9.47 Å². The third-order valence-electron chi connectivity index (χ3n) is 5.32. The zero-order valence-electron chi connectivity index (χ0n) is 16.2. The zero-order valence-corrected chi connectivity index (χ0v) is 16.2. The van der Waals surface area contributed by atoms with Crippen LogP contribution < -0.4 is 10.2 Å². The smallest absolute Gasteiger partial charge is 0.118 e. The highest BCUT2D eigenvalue weighted by Crippen LogP contribution is 2.25. The average Bonchev–Trinajstić information content (AvgIpc) is 3.11. The van der Waals surface area contributed by atoms with Gasteiger partial charge in [-0.25, -0.2) is 9.66 Å². The van der Waals surface area contributed by atoms with E-state index in [-0.39, 0.29) is 0 Å². The summed E-state index contributed by atoms with van der Waals surface area (Å²) in [6, 6.07) is 8.55. The number of benzene rings is 1. The summed E-state index contributed by atoms with van der Waals surface area (Å²) in [5, 5.41) is 0. The van der Waals surface area contributed by atoms with Crippen LogP contribution in [0.15, 0.2) is 30.6 Å². The van der Waals surface area contributed by atoms with E-state index in [9.17, 15) is 0 Å². The quantitative estimate of drug-likeness (QED) is 0.750. The van der Waals surface area contributed by atoms with E-state index in [2.05, 4.69) is 36.1 Å². The predicted octanol–water partition coefficient (Wildman–Crippen LogP) is 3.37. The molecule has 0 saturated carbocycles. The van der Waals surface area contributed by atoms with Crippen molar-refractivity contribution in [1.82, 2.24) is 14.6 Å². The Balaban J connectivity index is 1.67. The number of aryl methyl sites for hydroxylation is 2. The lowest BCUT2D eigenvalue weighted by Gasteiger charge is -2.25. The Morgan fingerprint density at radius 3 is 2.63 bits per heavy atom. The molecule has 0 atom stereocenters. The predicted molar refractivity (Wildman–Crippen MR) is 106 cm³/mol. The van der Waals surface area contributed by atoms with Crippen LogP contribution in [0.5, 0.6) is 5.75 Å². The van der Waals surface area contributed by atoms with Crippen LogP contribution in [0.25, 0.3) is 11.0 Å². The molecule has 0 spiro atoms. The Hall–Kier alpha value is -2.60. The van der Waals surface area contributed by atoms with Crippen LogP contribution in [0.4, 0.5) is 0 Å². The van der Waals surface area contributed by atoms with Crippen LogP contribution in [0.2, 0.25) is 0 Å². The standard InChI is InChI=1S/C21H26N4O2/c1-14-15(2)23-19(12-16-4-6-18(26-3)7-5-16)20-21(14)25(13-22-20)24-17-8-10-27-11-9-17/h4-7,13,17,24H,8-12H2,1-3H3. The number of nitrogens with zero attached hydrogens (tertiary/aromatic N) is 3. The van der Waals surface area contributed by atoms with E-state index >= 15 is 0 Å². The molecular formula is C21H26N4O2. The molecule has 1 fully saturated rings. The second-order valence-electron chi connectivity index (χ2n) is 7.12. The largest absolute Gasteiger partial charge is 0.497 e. The lowest BCUT2D eigenvalue weighted by atomic mass is 10.1. The molecule has 3 heterocycles. The third-order valence-corrected chi connectivity index (χ3v) is 5.32. The van der Waals surface area contributed by atoms with Gasteiger partial charge < -0.3 is 14.9 Å².